The number of carbonyl (C=O) groups is 2. The van der Waals surface area contributed by atoms with E-state index in [1.807, 2.05) is 18.7 Å². The predicted molar refractivity (Wildman–Crippen MR) is 95.9 cm³/mol. The quantitative estimate of drug-likeness (QED) is 0.788. The summed E-state index contributed by atoms with van der Waals surface area (Å²) < 4.78 is 22.9. The van der Waals surface area contributed by atoms with Gasteiger partial charge in [0, 0.05) is 38.9 Å². The molecule has 0 unspecified atom stereocenters. The summed E-state index contributed by atoms with van der Waals surface area (Å²) in [6.07, 6.45) is 1.94. The maximum atomic E-state index is 12.4. The lowest BCUT2D eigenvalue weighted by atomic mass is 10.1. The van der Waals surface area contributed by atoms with E-state index >= 15 is 0 Å². The molecule has 0 atom stereocenters. The van der Waals surface area contributed by atoms with Crippen LogP contribution in [0.1, 0.15) is 25.8 Å². The molecule has 1 saturated heterocycles. The van der Waals surface area contributed by atoms with Crippen LogP contribution in [0.25, 0.3) is 0 Å². The topological polar surface area (TPSA) is 74.8 Å². The van der Waals surface area contributed by atoms with Gasteiger partial charge in [0.05, 0.1) is 11.3 Å². The molecule has 0 aromatic heterocycles. The second kappa shape index (κ2) is 7.99. The minimum absolute atomic E-state index is 0.00284. The Bertz CT molecular complexity index is 718. The second-order valence-electron chi connectivity index (χ2n) is 6.95. The Morgan fingerprint density at radius 2 is 1.44 bits per heavy atom. The van der Waals surface area contributed by atoms with Crippen LogP contribution in [0.15, 0.2) is 29.2 Å². The number of amides is 2. The summed E-state index contributed by atoms with van der Waals surface area (Å²) in [5.41, 5.74) is 0.788. The normalized spacial score (nSPS) is 15.5. The maximum Gasteiger partial charge on any atom is 0.227 e. The molecule has 2 amide bonds. The second-order valence-corrected chi connectivity index (χ2v) is 8.97. The van der Waals surface area contributed by atoms with E-state index in [1.54, 1.807) is 17.0 Å². The molecule has 1 fully saturated rings. The zero-order valence-electron chi connectivity index (χ0n) is 15.1. The van der Waals surface area contributed by atoms with Gasteiger partial charge in [-0.2, -0.15) is 0 Å². The molecule has 1 heterocycles. The van der Waals surface area contributed by atoms with Crippen LogP contribution in [-0.4, -0.2) is 62.5 Å². The summed E-state index contributed by atoms with van der Waals surface area (Å²) in [6, 6.07) is 6.41. The Morgan fingerprint density at radius 1 is 0.960 bits per heavy atom. The van der Waals surface area contributed by atoms with Gasteiger partial charge >= 0.3 is 0 Å². The van der Waals surface area contributed by atoms with Crippen molar-refractivity contribution >= 4 is 21.7 Å². The van der Waals surface area contributed by atoms with Crippen LogP contribution in [0, 0.1) is 5.92 Å². The lowest BCUT2D eigenvalue weighted by Gasteiger charge is -2.35. The number of sulfone groups is 1. The smallest absolute Gasteiger partial charge is 0.227 e. The third kappa shape index (κ3) is 5.56. The third-order valence-corrected chi connectivity index (χ3v) is 5.40. The van der Waals surface area contributed by atoms with Crippen molar-refractivity contribution in [3.8, 4) is 0 Å². The molecule has 0 bridgehead atoms. The zero-order chi connectivity index (χ0) is 18.6. The molecule has 1 aromatic carbocycles. The fourth-order valence-corrected chi connectivity index (χ4v) is 3.45. The van der Waals surface area contributed by atoms with Gasteiger partial charge < -0.3 is 9.80 Å². The van der Waals surface area contributed by atoms with Crippen LogP contribution in [-0.2, 0) is 25.8 Å². The van der Waals surface area contributed by atoms with Crippen molar-refractivity contribution in [2.75, 3.05) is 32.4 Å². The van der Waals surface area contributed by atoms with Gasteiger partial charge in [-0.15, -0.1) is 0 Å². The average molecular weight is 366 g/mol. The Kier molecular flexibility index (Phi) is 6.21. The Balaban J connectivity index is 1.87. The first kappa shape index (κ1) is 19.4. The molecule has 0 aliphatic carbocycles. The molecule has 6 nitrogen and oxygen atoms in total. The van der Waals surface area contributed by atoms with Crippen molar-refractivity contribution in [1.29, 1.82) is 0 Å². The van der Waals surface area contributed by atoms with Gasteiger partial charge in [-0.3, -0.25) is 9.59 Å². The van der Waals surface area contributed by atoms with Gasteiger partial charge in [-0.05, 0) is 23.6 Å². The highest BCUT2D eigenvalue weighted by Gasteiger charge is 2.24. The molecule has 25 heavy (non-hydrogen) atoms. The number of rotatable bonds is 5. The molecule has 1 aromatic rings. The van der Waals surface area contributed by atoms with Gasteiger partial charge in [0.2, 0.25) is 11.8 Å². The predicted octanol–water partition coefficient (Wildman–Crippen LogP) is 1.35. The van der Waals surface area contributed by atoms with Gasteiger partial charge in [0.1, 0.15) is 0 Å². The molecule has 0 radical (unpaired) electrons. The van der Waals surface area contributed by atoms with Gasteiger partial charge in [0.15, 0.2) is 9.84 Å². The van der Waals surface area contributed by atoms with E-state index < -0.39 is 9.84 Å². The summed E-state index contributed by atoms with van der Waals surface area (Å²) in [6.45, 7) is 6.28. The summed E-state index contributed by atoms with van der Waals surface area (Å²) in [5.74, 6) is 0.489. The zero-order valence-corrected chi connectivity index (χ0v) is 15.9. The van der Waals surface area contributed by atoms with Crippen LogP contribution in [0.3, 0.4) is 0 Å². The monoisotopic (exact) mass is 366 g/mol. The highest BCUT2D eigenvalue weighted by Crippen LogP contribution is 2.13. The molecule has 0 saturated carbocycles. The Hall–Kier alpha value is -1.89. The number of hydrogen-bond donors (Lipinski definition) is 0. The van der Waals surface area contributed by atoms with Crippen molar-refractivity contribution in [2.45, 2.75) is 31.6 Å². The van der Waals surface area contributed by atoms with Crippen molar-refractivity contribution in [3.63, 3.8) is 0 Å². The fraction of sp³-hybridized carbons (Fsp3) is 0.556. The first-order valence-electron chi connectivity index (χ1n) is 8.51. The molecule has 2 rings (SSSR count). The summed E-state index contributed by atoms with van der Waals surface area (Å²) in [4.78, 5) is 28.3. The van der Waals surface area contributed by atoms with E-state index in [4.69, 9.17) is 0 Å². The molecular formula is C18H26N2O4S. The first-order chi connectivity index (χ1) is 11.7. The Morgan fingerprint density at radius 3 is 1.88 bits per heavy atom. The summed E-state index contributed by atoms with van der Waals surface area (Å²) in [7, 11) is -3.22. The van der Waals surface area contributed by atoms with E-state index in [2.05, 4.69) is 0 Å². The van der Waals surface area contributed by atoms with Crippen LogP contribution < -0.4 is 0 Å². The average Bonchev–Trinajstić information content (AvgIpc) is 2.54. The van der Waals surface area contributed by atoms with Gasteiger partial charge in [0.25, 0.3) is 0 Å². The minimum Gasteiger partial charge on any atom is -0.339 e. The maximum absolute atomic E-state index is 12.4. The SMILES string of the molecule is CC(C)CC(=O)N1CCN(C(=O)Cc2ccc(S(C)(=O)=O)cc2)CC1. The molecule has 1 aliphatic rings. The minimum atomic E-state index is -3.22. The van der Waals surface area contributed by atoms with Gasteiger partial charge in [-0.25, -0.2) is 8.42 Å². The van der Waals surface area contributed by atoms with Crippen LogP contribution in [0.5, 0.6) is 0 Å². The van der Waals surface area contributed by atoms with Crippen molar-refractivity contribution in [1.82, 2.24) is 9.80 Å². The van der Waals surface area contributed by atoms with E-state index in [9.17, 15) is 18.0 Å². The van der Waals surface area contributed by atoms with Crippen LogP contribution >= 0.6 is 0 Å². The molecule has 0 spiro atoms. The van der Waals surface area contributed by atoms with Crippen LogP contribution in [0.2, 0.25) is 0 Å². The largest absolute Gasteiger partial charge is 0.339 e. The molecule has 0 N–H and O–H groups in total. The van der Waals surface area contributed by atoms with Crippen molar-refractivity contribution in [2.24, 2.45) is 5.92 Å². The Labute approximate surface area is 149 Å². The van der Waals surface area contributed by atoms with Crippen molar-refractivity contribution < 1.29 is 18.0 Å². The third-order valence-electron chi connectivity index (χ3n) is 4.27. The number of carbonyl (C=O) groups excluding carboxylic acids is 2. The van der Waals surface area contributed by atoms with E-state index in [1.165, 1.54) is 12.1 Å². The highest BCUT2D eigenvalue weighted by molar-refractivity contribution is 7.90. The molecule has 138 valence electrons. The van der Waals surface area contributed by atoms with E-state index in [0.29, 0.717) is 38.5 Å². The number of piperazine rings is 1. The van der Waals surface area contributed by atoms with E-state index in [-0.39, 0.29) is 23.1 Å². The summed E-state index contributed by atoms with van der Waals surface area (Å²) in [5, 5.41) is 0. The molecule has 1 aliphatic heterocycles. The van der Waals surface area contributed by atoms with E-state index in [0.717, 1.165) is 11.8 Å². The number of benzene rings is 1. The van der Waals surface area contributed by atoms with Crippen LogP contribution in [0.4, 0.5) is 0 Å². The molecule has 7 heteroatoms. The highest BCUT2D eigenvalue weighted by atomic mass is 32.2. The van der Waals surface area contributed by atoms with Gasteiger partial charge in [-0.1, -0.05) is 26.0 Å². The summed E-state index contributed by atoms with van der Waals surface area (Å²) >= 11 is 0. The standard InChI is InChI=1S/C18H26N2O4S/c1-14(2)12-17(21)19-8-10-20(11-9-19)18(22)13-15-4-6-16(7-5-15)25(3,23)24/h4-7,14H,8-13H2,1-3H3. The lowest BCUT2D eigenvalue weighted by molar-refractivity contribution is -0.139. The fourth-order valence-electron chi connectivity index (χ4n) is 2.82. The molecular weight excluding hydrogens is 340 g/mol. The number of hydrogen-bond acceptors (Lipinski definition) is 4. The lowest BCUT2D eigenvalue weighted by Crippen LogP contribution is -2.51. The number of nitrogens with zero attached hydrogens (tertiary/aromatic N) is 2. The van der Waals surface area contributed by atoms with Crippen molar-refractivity contribution in [3.05, 3.63) is 29.8 Å². The first-order valence-corrected chi connectivity index (χ1v) is 10.4.